The van der Waals surface area contributed by atoms with Crippen LogP contribution in [-0.4, -0.2) is 9.55 Å². The summed E-state index contributed by atoms with van der Waals surface area (Å²) in [5.41, 5.74) is 18.5. The number of aromatic amines is 1. The van der Waals surface area contributed by atoms with Crippen LogP contribution in [-0.2, 0) is 12.5 Å². The van der Waals surface area contributed by atoms with Crippen LogP contribution in [0.5, 0.6) is 0 Å². The minimum Gasteiger partial charge on any atom is -0.354 e. The van der Waals surface area contributed by atoms with Gasteiger partial charge in [0.05, 0.1) is 11.0 Å². The van der Waals surface area contributed by atoms with Gasteiger partial charge in [-0.25, -0.2) is 0 Å². The van der Waals surface area contributed by atoms with E-state index in [4.69, 9.17) is 0 Å². The lowest BCUT2D eigenvalue weighted by atomic mass is 9.73. The first-order valence-electron chi connectivity index (χ1n) is 20.9. The molecule has 0 bridgehead atoms. The first-order chi connectivity index (χ1) is 28.7. The first kappa shape index (κ1) is 32.2. The lowest BCUT2D eigenvalue weighted by Gasteiger charge is -2.30. The molecule has 0 unspecified atom stereocenters. The minimum atomic E-state index is 0.0247. The molecule has 1 fully saturated rings. The molecule has 2 nitrogen and oxygen atoms in total. The fourth-order valence-electron chi connectivity index (χ4n) is 11.7. The zero-order valence-electron chi connectivity index (χ0n) is 32.4. The van der Waals surface area contributed by atoms with Crippen LogP contribution >= 0.6 is 0 Å². The maximum atomic E-state index is 3.84. The van der Waals surface area contributed by atoms with E-state index < -0.39 is 0 Å². The Morgan fingerprint density at radius 2 is 0.983 bits per heavy atom. The van der Waals surface area contributed by atoms with Crippen LogP contribution in [0.15, 0.2) is 170 Å². The maximum absolute atomic E-state index is 3.84. The maximum Gasteiger partial charge on any atom is 0.0568 e. The second kappa shape index (κ2) is 11.8. The lowest BCUT2D eigenvalue weighted by Crippen LogP contribution is -2.21. The Balaban J connectivity index is 1.19. The zero-order chi connectivity index (χ0) is 38.1. The molecule has 0 aliphatic heterocycles. The van der Waals surface area contributed by atoms with Crippen LogP contribution in [0.2, 0.25) is 0 Å². The fourth-order valence-corrected chi connectivity index (χ4v) is 11.7. The summed E-state index contributed by atoms with van der Waals surface area (Å²) in [7, 11) is 2.23. The van der Waals surface area contributed by atoms with E-state index in [9.17, 15) is 0 Å². The molecule has 13 rings (SSSR count). The molecule has 2 heteroatoms. The van der Waals surface area contributed by atoms with Crippen molar-refractivity contribution in [2.24, 2.45) is 7.05 Å². The predicted molar refractivity (Wildman–Crippen MR) is 246 cm³/mol. The smallest absolute Gasteiger partial charge is 0.0568 e. The molecule has 1 saturated carbocycles. The molecule has 58 heavy (non-hydrogen) atoms. The number of fused-ring (bicyclic) bond motifs is 13. The summed E-state index contributed by atoms with van der Waals surface area (Å²) in [6.45, 7) is 0. The highest BCUT2D eigenvalue weighted by Gasteiger charge is 2.46. The van der Waals surface area contributed by atoms with Gasteiger partial charge >= 0.3 is 0 Å². The van der Waals surface area contributed by atoms with Gasteiger partial charge in [0.25, 0.3) is 0 Å². The van der Waals surface area contributed by atoms with E-state index in [1.165, 1.54) is 146 Å². The molecular formula is C56H40N2. The fraction of sp³-hybridized carbons (Fsp3) is 0.107. The van der Waals surface area contributed by atoms with Crippen molar-refractivity contribution in [2.45, 2.75) is 31.1 Å². The second-order valence-corrected chi connectivity index (χ2v) is 16.8. The molecule has 0 saturated heterocycles. The summed E-state index contributed by atoms with van der Waals surface area (Å²) in [6, 6.07) is 64.2. The Labute approximate surface area is 337 Å². The molecule has 0 amide bonds. The van der Waals surface area contributed by atoms with Crippen LogP contribution in [0.1, 0.15) is 36.8 Å². The quantitative estimate of drug-likeness (QED) is 0.174. The van der Waals surface area contributed by atoms with Crippen LogP contribution in [0.3, 0.4) is 0 Å². The van der Waals surface area contributed by atoms with Crippen molar-refractivity contribution < 1.29 is 0 Å². The SMILES string of the molecule is Cn1c2ccccc2c2cccc(-c3cccc4c(-c5cccc6c5C5(CCCC5)c5ccccc5-6)c5cccc(-c6cccc7c6[nH]c6ccccc67)c5cc34)c21. The van der Waals surface area contributed by atoms with Crippen molar-refractivity contribution in [3.05, 3.63) is 181 Å². The van der Waals surface area contributed by atoms with Gasteiger partial charge in [-0.1, -0.05) is 165 Å². The van der Waals surface area contributed by atoms with Crippen LogP contribution in [0, 0.1) is 0 Å². The third-order valence-electron chi connectivity index (χ3n) is 14.1. The molecule has 9 aromatic carbocycles. The van der Waals surface area contributed by atoms with E-state index >= 15 is 0 Å². The van der Waals surface area contributed by atoms with Crippen LogP contribution in [0.25, 0.3) is 110 Å². The highest BCUT2D eigenvalue weighted by atomic mass is 14.9. The minimum absolute atomic E-state index is 0.0247. The number of aryl methyl sites for hydroxylation is 1. The summed E-state index contributed by atoms with van der Waals surface area (Å²) in [4.78, 5) is 3.84. The molecule has 1 spiro atoms. The normalized spacial score (nSPS) is 14.5. The van der Waals surface area contributed by atoms with Gasteiger partial charge < -0.3 is 9.55 Å². The van der Waals surface area contributed by atoms with E-state index in [2.05, 4.69) is 186 Å². The first-order valence-corrected chi connectivity index (χ1v) is 20.9. The van der Waals surface area contributed by atoms with Gasteiger partial charge in [0.1, 0.15) is 0 Å². The van der Waals surface area contributed by atoms with Gasteiger partial charge in [-0.15, -0.1) is 0 Å². The average Bonchev–Trinajstić information content (AvgIpc) is 4.06. The lowest BCUT2D eigenvalue weighted by molar-refractivity contribution is 0.551. The summed E-state index contributed by atoms with van der Waals surface area (Å²) in [5, 5.41) is 10.3. The number of H-pyrrole nitrogens is 1. The average molecular weight is 741 g/mol. The number of para-hydroxylation sites is 4. The monoisotopic (exact) mass is 740 g/mol. The Kier molecular flexibility index (Phi) is 6.56. The molecule has 2 aliphatic carbocycles. The highest BCUT2D eigenvalue weighted by molar-refractivity contribution is 6.23. The van der Waals surface area contributed by atoms with Crippen molar-refractivity contribution in [1.82, 2.24) is 9.55 Å². The van der Waals surface area contributed by atoms with E-state index in [-0.39, 0.29) is 5.41 Å². The standard InChI is InChI=1S/C56H40N2/c1-58-51-30-7-4-17-38(51)45-26-14-25-44(55(45)58)35-19-11-21-40-48(35)33-47-34(42-23-13-24-43-37-16-3-6-29-50(37)57-54(42)43)18-10-20-39(47)52(40)46-27-12-22-41-36-15-2-5-28-49(36)56(53(41)46)31-8-9-32-56/h2-7,10-30,33,57H,8-9,31-32H2,1H3. The molecule has 1 N–H and O–H groups in total. The van der Waals surface area contributed by atoms with E-state index in [0.717, 1.165) is 0 Å². The molecule has 11 aromatic rings. The molecule has 2 aliphatic rings. The third-order valence-corrected chi connectivity index (χ3v) is 14.1. The summed E-state index contributed by atoms with van der Waals surface area (Å²) in [5.74, 6) is 0. The highest BCUT2D eigenvalue weighted by Crippen LogP contribution is 2.60. The number of hydrogen-bond acceptors (Lipinski definition) is 0. The molecule has 274 valence electrons. The topological polar surface area (TPSA) is 20.7 Å². The molecule has 0 atom stereocenters. The second-order valence-electron chi connectivity index (χ2n) is 16.8. The van der Waals surface area contributed by atoms with Crippen molar-refractivity contribution in [2.75, 3.05) is 0 Å². The number of nitrogens with zero attached hydrogens (tertiary/aromatic N) is 1. The van der Waals surface area contributed by atoms with Gasteiger partial charge in [0, 0.05) is 56.2 Å². The largest absolute Gasteiger partial charge is 0.354 e. The van der Waals surface area contributed by atoms with Gasteiger partial charge in [0.15, 0.2) is 0 Å². The molecule has 0 radical (unpaired) electrons. The van der Waals surface area contributed by atoms with Crippen LogP contribution < -0.4 is 0 Å². The van der Waals surface area contributed by atoms with Crippen molar-refractivity contribution in [3.63, 3.8) is 0 Å². The van der Waals surface area contributed by atoms with Gasteiger partial charge in [-0.05, 0) is 97.1 Å². The molecule has 2 aromatic heterocycles. The van der Waals surface area contributed by atoms with Gasteiger partial charge in [0.2, 0.25) is 0 Å². The van der Waals surface area contributed by atoms with Gasteiger partial charge in [-0.3, -0.25) is 0 Å². The number of aromatic nitrogens is 2. The van der Waals surface area contributed by atoms with E-state index in [1.807, 2.05) is 0 Å². The zero-order valence-corrected chi connectivity index (χ0v) is 32.4. The summed E-state index contributed by atoms with van der Waals surface area (Å²) < 4.78 is 2.40. The molecule has 2 heterocycles. The number of nitrogens with one attached hydrogen (secondary N) is 1. The van der Waals surface area contributed by atoms with Crippen molar-refractivity contribution in [3.8, 4) is 44.5 Å². The van der Waals surface area contributed by atoms with Crippen molar-refractivity contribution in [1.29, 1.82) is 0 Å². The Morgan fingerprint density at radius 1 is 0.431 bits per heavy atom. The Bertz CT molecular complexity index is 3530. The van der Waals surface area contributed by atoms with E-state index in [0.29, 0.717) is 0 Å². The van der Waals surface area contributed by atoms with Gasteiger partial charge in [-0.2, -0.15) is 0 Å². The summed E-state index contributed by atoms with van der Waals surface area (Å²) >= 11 is 0. The molecular weight excluding hydrogens is 701 g/mol. The number of benzene rings is 9. The van der Waals surface area contributed by atoms with E-state index in [1.54, 1.807) is 0 Å². The van der Waals surface area contributed by atoms with Crippen LogP contribution in [0.4, 0.5) is 0 Å². The number of rotatable bonds is 3. The third kappa shape index (κ3) is 4.17. The Morgan fingerprint density at radius 3 is 1.79 bits per heavy atom. The summed E-state index contributed by atoms with van der Waals surface area (Å²) in [6.07, 6.45) is 4.91. The van der Waals surface area contributed by atoms with Crippen molar-refractivity contribution >= 4 is 65.2 Å². The Hall–Kier alpha value is -6.90. The number of hydrogen-bond donors (Lipinski definition) is 1. The predicted octanol–water partition coefficient (Wildman–Crippen LogP) is 15.1.